The van der Waals surface area contributed by atoms with Gasteiger partial charge in [0.25, 0.3) is 11.6 Å². The Kier molecular flexibility index (Phi) is 6.97. The number of ether oxygens (including phenoxy) is 2. The highest BCUT2D eigenvalue weighted by molar-refractivity contribution is 5.97. The number of halogens is 7. The number of amides is 2. The summed E-state index contributed by atoms with van der Waals surface area (Å²) in [6, 6.07) is 3.62. The highest BCUT2D eigenvalue weighted by atomic mass is 19.4. The SMILES string of the molecule is C[C@H]1[C@@H](c2ccc(F)c(F)c2OC(F)F)[C@H](C(=O)Nc2cc[nH+]c(C(N)=O)c2)O[C@@]1(C)C(F)(F)F. The summed E-state index contributed by atoms with van der Waals surface area (Å²) in [5, 5.41) is 2.26. The van der Waals surface area contributed by atoms with Gasteiger partial charge in [-0.05, 0) is 13.0 Å². The molecule has 35 heavy (non-hydrogen) atoms. The molecule has 190 valence electrons. The lowest BCUT2D eigenvalue weighted by atomic mass is 9.77. The van der Waals surface area contributed by atoms with Crippen molar-refractivity contribution in [1.82, 2.24) is 0 Å². The van der Waals surface area contributed by atoms with Gasteiger partial charge in [-0.3, -0.25) is 9.59 Å². The molecule has 1 saturated heterocycles. The van der Waals surface area contributed by atoms with E-state index in [-0.39, 0.29) is 11.4 Å². The molecule has 0 saturated carbocycles. The molecule has 0 bridgehead atoms. The molecule has 1 fully saturated rings. The number of rotatable bonds is 6. The van der Waals surface area contributed by atoms with Gasteiger partial charge in [0.15, 0.2) is 23.4 Å². The predicted octanol–water partition coefficient (Wildman–Crippen LogP) is 3.56. The third-order valence-electron chi connectivity index (χ3n) is 5.91. The van der Waals surface area contributed by atoms with Gasteiger partial charge in [0, 0.05) is 29.5 Å². The average molecular weight is 510 g/mol. The second-order valence-electron chi connectivity index (χ2n) is 7.96. The number of H-pyrrole nitrogens is 1. The Morgan fingerprint density at radius 2 is 1.89 bits per heavy atom. The number of nitrogens with two attached hydrogens (primary N) is 1. The number of carbonyl (C=O) groups is 2. The smallest absolute Gasteiger partial charge is 0.417 e. The Morgan fingerprint density at radius 3 is 2.46 bits per heavy atom. The standard InChI is InChI=1S/C21H18F7N3O4/c1-8-13(10-3-4-11(22)14(23)15(10)34-19(24)25)16(35-20(8,2)21(26,27)28)18(33)31-9-5-6-30-12(7-9)17(29)32/h3-8,13,16,19H,1-2H3,(H2,29,32)(H,30,31,33)/p+1/t8-,13-,16+,20+/m0/s1. The quantitative estimate of drug-likeness (QED) is 0.580. The molecule has 7 nitrogen and oxygen atoms in total. The van der Waals surface area contributed by atoms with E-state index in [9.17, 15) is 40.3 Å². The summed E-state index contributed by atoms with van der Waals surface area (Å²) in [5.74, 6) is -10.2. The van der Waals surface area contributed by atoms with Crippen molar-refractivity contribution < 1.29 is 54.8 Å². The molecule has 2 aromatic rings. The van der Waals surface area contributed by atoms with Crippen molar-refractivity contribution in [3.63, 3.8) is 0 Å². The van der Waals surface area contributed by atoms with Crippen molar-refractivity contribution in [3.8, 4) is 5.75 Å². The first-order valence-corrected chi connectivity index (χ1v) is 9.97. The van der Waals surface area contributed by atoms with Crippen LogP contribution in [0.4, 0.5) is 36.4 Å². The van der Waals surface area contributed by atoms with Crippen LogP contribution in [0.3, 0.4) is 0 Å². The van der Waals surface area contributed by atoms with Crippen LogP contribution in [0.15, 0.2) is 30.5 Å². The maximum absolute atomic E-state index is 14.4. The lowest BCUT2D eigenvalue weighted by Gasteiger charge is -2.32. The maximum atomic E-state index is 14.4. The third-order valence-corrected chi connectivity index (χ3v) is 5.91. The first-order chi connectivity index (χ1) is 16.2. The lowest BCUT2D eigenvalue weighted by Crippen LogP contribution is -2.47. The molecule has 0 spiro atoms. The summed E-state index contributed by atoms with van der Waals surface area (Å²) in [4.78, 5) is 26.9. The van der Waals surface area contributed by atoms with Gasteiger partial charge >= 0.3 is 18.7 Å². The Labute approximate surface area is 193 Å². The van der Waals surface area contributed by atoms with Gasteiger partial charge in [0.05, 0.1) is 5.69 Å². The van der Waals surface area contributed by atoms with E-state index in [1.165, 1.54) is 12.3 Å². The van der Waals surface area contributed by atoms with Crippen LogP contribution < -0.4 is 20.8 Å². The largest absolute Gasteiger partial charge is 0.431 e. The van der Waals surface area contributed by atoms with Crippen molar-refractivity contribution in [2.45, 2.75) is 44.3 Å². The van der Waals surface area contributed by atoms with Gasteiger partial charge < -0.3 is 20.5 Å². The second kappa shape index (κ2) is 9.32. The number of alkyl halides is 5. The van der Waals surface area contributed by atoms with E-state index >= 15 is 0 Å². The number of aromatic nitrogens is 1. The molecule has 1 aliphatic rings. The molecule has 4 N–H and O–H groups in total. The summed E-state index contributed by atoms with van der Waals surface area (Å²) in [7, 11) is 0. The van der Waals surface area contributed by atoms with Gasteiger partial charge in [0.1, 0.15) is 6.10 Å². The normalized spacial score (nSPS) is 24.5. The molecule has 0 unspecified atom stereocenters. The van der Waals surface area contributed by atoms with Crippen LogP contribution >= 0.6 is 0 Å². The Hall–Kier alpha value is -3.42. The van der Waals surface area contributed by atoms with Crippen molar-refractivity contribution in [2.75, 3.05) is 5.32 Å². The molecule has 14 heteroatoms. The number of hydrogen-bond donors (Lipinski definition) is 2. The van der Waals surface area contributed by atoms with Gasteiger partial charge in [-0.2, -0.15) is 26.3 Å². The van der Waals surface area contributed by atoms with Gasteiger partial charge in [0.2, 0.25) is 5.82 Å². The molecule has 2 heterocycles. The predicted molar refractivity (Wildman–Crippen MR) is 104 cm³/mol. The van der Waals surface area contributed by atoms with E-state index in [4.69, 9.17) is 10.5 Å². The number of nitrogens with one attached hydrogen (secondary N) is 2. The molecule has 1 aromatic heterocycles. The van der Waals surface area contributed by atoms with Crippen LogP contribution in [0.25, 0.3) is 0 Å². The van der Waals surface area contributed by atoms with Gasteiger partial charge in [-0.25, -0.2) is 9.37 Å². The molecule has 2 amide bonds. The molecular formula is C21H19F7N3O4+. The third kappa shape index (κ3) is 4.88. The van der Waals surface area contributed by atoms with Crippen LogP contribution in [-0.2, 0) is 9.53 Å². The zero-order chi connectivity index (χ0) is 26.3. The summed E-state index contributed by atoms with van der Waals surface area (Å²) < 4.78 is 105. The first-order valence-electron chi connectivity index (χ1n) is 9.97. The second-order valence-corrected chi connectivity index (χ2v) is 7.96. The van der Waals surface area contributed by atoms with Gasteiger partial charge in [-0.1, -0.05) is 13.0 Å². The zero-order valence-corrected chi connectivity index (χ0v) is 18.1. The van der Waals surface area contributed by atoms with Crippen LogP contribution in [-0.4, -0.2) is 36.3 Å². The van der Waals surface area contributed by atoms with E-state index in [2.05, 4.69) is 15.0 Å². The van der Waals surface area contributed by atoms with Crippen molar-refractivity contribution in [2.24, 2.45) is 11.7 Å². The number of hydrogen-bond acceptors (Lipinski definition) is 4. The number of aromatic amines is 1. The topological polar surface area (TPSA) is 105 Å². The van der Waals surface area contributed by atoms with E-state index in [0.717, 1.165) is 19.1 Å². The highest BCUT2D eigenvalue weighted by Crippen LogP contribution is 2.55. The monoisotopic (exact) mass is 510 g/mol. The molecule has 1 aromatic carbocycles. The molecule has 0 aliphatic carbocycles. The fourth-order valence-electron chi connectivity index (χ4n) is 3.94. The maximum Gasteiger partial charge on any atom is 0.417 e. The minimum absolute atomic E-state index is 0.0625. The molecular weight excluding hydrogens is 491 g/mol. The van der Waals surface area contributed by atoms with Crippen LogP contribution in [0.2, 0.25) is 0 Å². The summed E-state index contributed by atoms with van der Waals surface area (Å²) in [6.45, 7) is -1.97. The lowest BCUT2D eigenvalue weighted by molar-refractivity contribution is -0.381. The molecule has 3 rings (SSSR count). The Morgan fingerprint density at radius 1 is 1.23 bits per heavy atom. The Balaban J connectivity index is 2.10. The summed E-state index contributed by atoms with van der Waals surface area (Å²) >= 11 is 0. The summed E-state index contributed by atoms with van der Waals surface area (Å²) in [5.41, 5.74) is 1.34. The van der Waals surface area contributed by atoms with Crippen molar-refractivity contribution in [3.05, 3.63) is 53.4 Å². The van der Waals surface area contributed by atoms with Crippen molar-refractivity contribution in [1.29, 1.82) is 0 Å². The van der Waals surface area contributed by atoms with E-state index in [0.29, 0.717) is 13.0 Å². The fraction of sp³-hybridized carbons (Fsp3) is 0.381. The minimum Gasteiger partial charge on any atom is -0.431 e. The van der Waals surface area contributed by atoms with E-state index in [1.807, 2.05) is 0 Å². The number of benzene rings is 1. The van der Waals surface area contributed by atoms with E-state index in [1.54, 1.807) is 0 Å². The van der Waals surface area contributed by atoms with E-state index < -0.39 is 71.1 Å². The van der Waals surface area contributed by atoms with Crippen LogP contribution in [0.1, 0.15) is 35.8 Å². The minimum atomic E-state index is -5.04. The molecule has 0 radical (unpaired) electrons. The number of primary amides is 1. The zero-order valence-electron chi connectivity index (χ0n) is 18.1. The highest BCUT2D eigenvalue weighted by Gasteiger charge is 2.66. The average Bonchev–Trinajstić information content (AvgIpc) is 3.04. The van der Waals surface area contributed by atoms with Gasteiger partial charge in [-0.15, -0.1) is 0 Å². The fourth-order valence-corrected chi connectivity index (χ4v) is 3.94. The first kappa shape index (κ1) is 26.2. The van der Waals surface area contributed by atoms with Crippen LogP contribution in [0, 0.1) is 17.6 Å². The number of carbonyl (C=O) groups excluding carboxylic acids is 2. The summed E-state index contributed by atoms with van der Waals surface area (Å²) in [6.07, 6.45) is -5.83. The number of pyridine rings is 1. The Bertz CT molecular complexity index is 1140. The molecule has 4 atom stereocenters. The number of anilines is 1. The molecule has 1 aliphatic heterocycles. The van der Waals surface area contributed by atoms with Crippen molar-refractivity contribution >= 4 is 17.5 Å². The van der Waals surface area contributed by atoms with Crippen LogP contribution in [0.5, 0.6) is 5.75 Å².